The Morgan fingerprint density at radius 3 is 2.41 bits per heavy atom. The lowest BCUT2D eigenvalue weighted by molar-refractivity contribution is 0.199. The van der Waals surface area contributed by atoms with Gasteiger partial charge in [-0.25, -0.2) is 14.4 Å². The smallest absolute Gasteiger partial charge is 0.316 e. The van der Waals surface area contributed by atoms with Crippen molar-refractivity contribution in [1.29, 1.82) is 0 Å². The molecule has 0 spiro atoms. The van der Waals surface area contributed by atoms with E-state index in [0.29, 0.717) is 24.2 Å². The lowest BCUT2D eigenvalue weighted by Gasteiger charge is -2.08. The van der Waals surface area contributed by atoms with Crippen LogP contribution in [0.4, 0.5) is 4.39 Å². The quantitative estimate of drug-likeness (QED) is 0.668. The second kappa shape index (κ2) is 8.70. The molecule has 0 aliphatic heterocycles. The Hall–Kier alpha value is -2.83. The number of aliphatic hydroxyl groups is 2. The lowest BCUT2D eigenvalue weighted by Crippen LogP contribution is -2.04. The van der Waals surface area contributed by atoms with E-state index in [2.05, 4.69) is 9.97 Å². The van der Waals surface area contributed by atoms with Crippen molar-refractivity contribution in [2.45, 2.75) is 26.1 Å². The molecule has 0 saturated heterocycles. The zero-order chi connectivity index (χ0) is 19.2. The maximum Gasteiger partial charge on any atom is 0.316 e. The minimum atomic E-state index is -0.481. The predicted molar refractivity (Wildman–Crippen MR) is 99.6 cm³/mol. The van der Waals surface area contributed by atoms with Crippen molar-refractivity contribution in [1.82, 2.24) is 9.97 Å². The number of aromatic nitrogens is 2. The summed E-state index contributed by atoms with van der Waals surface area (Å²) in [5.74, 6) is -0.474. The molecule has 3 aromatic rings. The topological polar surface area (TPSA) is 75.5 Å². The second-order valence-electron chi connectivity index (χ2n) is 6.21. The molecule has 0 bridgehead atoms. The fourth-order valence-corrected chi connectivity index (χ4v) is 2.68. The summed E-state index contributed by atoms with van der Waals surface area (Å²) in [5, 5.41) is 18.7. The molecule has 0 aliphatic rings. The van der Waals surface area contributed by atoms with Gasteiger partial charge in [-0.2, -0.15) is 0 Å². The van der Waals surface area contributed by atoms with Crippen LogP contribution in [0.3, 0.4) is 0 Å². The molecule has 0 amide bonds. The van der Waals surface area contributed by atoms with E-state index in [1.807, 2.05) is 24.3 Å². The zero-order valence-corrected chi connectivity index (χ0v) is 15.0. The number of nitrogens with zero attached hydrogens (tertiary/aromatic N) is 2. The van der Waals surface area contributed by atoms with Crippen LogP contribution in [-0.2, 0) is 13.0 Å². The molecule has 0 fully saturated rings. The Bertz CT molecular complexity index is 881. The van der Waals surface area contributed by atoms with E-state index in [1.165, 1.54) is 18.5 Å². The molecule has 1 heterocycles. The third-order valence-electron chi connectivity index (χ3n) is 4.27. The average molecular weight is 368 g/mol. The van der Waals surface area contributed by atoms with Crippen LogP contribution in [0, 0.1) is 5.82 Å². The summed E-state index contributed by atoms with van der Waals surface area (Å²) in [5.41, 5.74) is 3.04. The maximum atomic E-state index is 14.3. The van der Waals surface area contributed by atoms with Crippen LogP contribution in [0.2, 0.25) is 0 Å². The molecule has 1 aromatic heterocycles. The van der Waals surface area contributed by atoms with Gasteiger partial charge in [0.1, 0.15) is 5.82 Å². The van der Waals surface area contributed by atoms with Gasteiger partial charge < -0.3 is 14.9 Å². The summed E-state index contributed by atoms with van der Waals surface area (Å²) in [6.07, 6.45) is 3.20. The molecule has 0 saturated carbocycles. The minimum absolute atomic E-state index is 0.220. The first-order valence-electron chi connectivity index (χ1n) is 8.69. The Balaban J connectivity index is 1.59. The molecule has 2 aromatic carbocycles. The second-order valence-corrected chi connectivity index (χ2v) is 6.21. The highest BCUT2D eigenvalue weighted by Crippen LogP contribution is 2.24. The van der Waals surface area contributed by atoms with Crippen LogP contribution < -0.4 is 4.74 Å². The first-order chi connectivity index (χ1) is 13.1. The van der Waals surface area contributed by atoms with Crippen molar-refractivity contribution in [3.8, 4) is 17.1 Å². The summed E-state index contributed by atoms with van der Waals surface area (Å²) in [6.45, 7) is 1.77. The van der Waals surface area contributed by atoms with Gasteiger partial charge in [-0.15, -0.1) is 0 Å². The van der Waals surface area contributed by atoms with Crippen molar-refractivity contribution in [3.05, 3.63) is 77.4 Å². The van der Waals surface area contributed by atoms with Gasteiger partial charge in [0.15, 0.2) is 0 Å². The van der Waals surface area contributed by atoms with Crippen LogP contribution in [0.25, 0.3) is 11.1 Å². The number of aliphatic hydroxyl groups excluding tert-OH is 2. The van der Waals surface area contributed by atoms with E-state index in [9.17, 15) is 9.50 Å². The summed E-state index contributed by atoms with van der Waals surface area (Å²) < 4.78 is 19.8. The largest absolute Gasteiger partial charge is 0.463 e. The molecular weight excluding hydrogens is 347 g/mol. The number of rotatable bonds is 7. The summed E-state index contributed by atoms with van der Waals surface area (Å²) >= 11 is 0. The molecule has 1 unspecified atom stereocenters. The van der Waals surface area contributed by atoms with Crippen molar-refractivity contribution >= 4 is 0 Å². The molecule has 27 heavy (non-hydrogen) atoms. The Labute approximate surface area is 157 Å². The normalized spacial score (nSPS) is 12.0. The summed E-state index contributed by atoms with van der Waals surface area (Å²) in [6, 6.07) is 12.7. The number of benzene rings is 2. The van der Waals surface area contributed by atoms with Crippen LogP contribution >= 0.6 is 0 Å². The van der Waals surface area contributed by atoms with E-state index in [-0.39, 0.29) is 18.2 Å². The third kappa shape index (κ3) is 4.67. The molecule has 0 aliphatic carbocycles. The van der Waals surface area contributed by atoms with Gasteiger partial charge >= 0.3 is 6.01 Å². The maximum absolute atomic E-state index is 14.3. The van der Waals surface area contributed by atoms with Crippen molar-refractivity contribution < 1.29 is 19.3 Å². The van der Waals surface area contributed by atoms with Crippen LogP contribution in [0.5, 0.6) is 6.01 Å². The SMILES string of the molecule is CC(O)c1ccc(CCOc2ncc(-c3cccc(CO)c3F)cn2)cc1. The summed E-state index contributed by atoms with van der Waals surface area (Å²) in [7, 11) is 0. The van der Waals surface area contributed by atoms with Gasteiger partial charge in [0.25, 0.3) is 0 Å². The predicted octanol–water partition coefficient (Wildman–Crippen LogP) is 3.45. The highest BCUT2D eigenvalue weighted by Gasteiger charge is 2.10. The molecule has 0 radical (unpaired) electrons. The van der Waals surface area contributed by atoms with Crippen LogP contribution in [0.1, 0.15) is 29.7 Å². The highest BCUT2D eigenvalue weighted by molar-refractivity contribution is 5.63. The lowest BCUT2D eigenvalue weighted by atomic mass is 10.1. The van der Waals surface area contributed by atoms with Crippen molar-refractivity contribution in [2.24, 2.45) is 0 Å². The highest BCUT2D eigenvalue weighted by atomic mass is 19.1. The van der Waals surface area contributed by atoms with Crippen molar-refractivity contribution in [3.63, 3.8) is 0 Å². The average Bonchev–Trinajstić information content (AvgIpc) is 2.69. The molecule has 6 heteroatoms. The van der Waals surface area contributed by atoms with Crippen LogP contribution in [0.15, 0.2) is 54.9 Å². The van der Waals surface area contributed by atoms with E-state index >= 15 is 0 Å². The monoisotopic (exact) mass is 368 g/mol. The van der Waals surface area contributed by atoms with Gasteiger partial charge in [-0.05, 0) is 18.1 Å². The number of hydrogen-bond acceptors (Lipinski definition) is 5. The van der Waals surface area contributed by atoms with Gasteiger partial charge in [0.2, 0.25) is 0 Å². The van der Waals surface area contributed by atoms with Gasteiger partial charge in [0.05, 0.1) is 19.3 Å². The molecule has 1 atom stereocenters. The van der Waals surface area contributed by atoms with E-state index in [1.54, 1.807) is 19.1 Å². The number of ether oxygens (including phenoxy) is 1. The Morgan fingerprint density at radius 1 is 1.07 bits per heavy atom. The minimum Gasteiger partial charge on any atom is -0.463 e. The molecule has 2 N–H and O–H groups in total. The molecule has 5 nitrogen and oxygen atoms in total. The number of halogens is 1. The summed E-state index contributed by atoms with van der Waals surface area (Å²) in [4.78, 5) is 8.25. The van der Waals surface area contributed by atoms with E-state index in [0.717, 1.165) is 11.1 Å². The van der Waals surface area contributed by atoms with E-state index in [4.69, 9.17) is 9.84 Å². The van der Waals surface area contributed by atoms with Crippen molar-refractivity contribution in [2.75, 3.05) is 6.61 Å². The fourth-order valence-electron chi connectivity index (χ4n) is 2.68. The van der Waals surface area contributed by atoms with Gasteiger partial charge in [-0.1, -0.05) is 42.5 Å². The zero-order valence-electron chi connectivity index (χ0n) is 15.0. The van der Waals surface area contributed by atoms with E-state index < -0.39 is 11.9 Å². The molecule has 3 rings (SSSR count). The van der Waals surface area contributed by atoms with Gasteiger partial charge in [0, 0.05) is 35.5 Å². The Kier molecular flexibility index (Phi) is 6.11. The number of hydrogen-bond donors (Lipinski definition) is 2. The van der Waals surface area contributed by atoms with Crippen LogP contribution in [-0.4, -0.2) is 26.8 Å². The molecule has 140 valence electrons. The Morgan fingerprint density at radius 2 is 1.78 bits per heavy atom. The third-order valence-corrected chi connectivity index (χ3v) is 4.27. The first kappa shape index (κ1) is 18.9. The first-order valence-corrected chi connectivity index (χ1v) is 8.69. The standard InChI is InChI=1S/C21H21FN2O3/c1-14(26)16-7-5-15(6-8-16)9-10-27-21-23-11-18(12-24-21)19-4-2-3-17(13-25)20(19)22/h2-8,11-12,14,25-26H,9-10,13H2,1H3. The van der Waals surface area contributed by atoms with Gasteiger partial charge in [-0.3, -0.25) is 0 Å². The fraction of sp³-hybridized carbons (Fsp3) is 0.238. The molecular formula is C21H21FN2O3.